The number of benzene rings is 1. The molecule has 1 aliphatic rings. The lowest BCUT2D eigenvalue weighted by molar-refractivity contribution is -0.145. The number of nitrogens with two attached hydrogens (primary N) is 1. The highest BCUT2D eigenvalue weighted by molar-refractivity contribution is 5.85. The highest BCUT2D eigenvalue weighted by atomic mass is 35.5. The molecule has 0 bridgehead atoms. The van der Waals surface area contributed by atoms with Gasteiger partial charge in [-0.1, -0.05) is 6.07 Å². The molecular weight excluding hydrogens is 214 g/mol. The summed E-state index contributed by atoms with van der Waals surface area (Å²) in [5, 5.41) is 0. The van der Waals surface area contributed by atoms with Gasteiger partial charge in [0, 0.05) is 5.69 Å². The van der Waals surface area contributed by atoms with E-state index in [1.807, 2.05) is 18.2 Å². The van der Waals surface area contributed by atoms with Gasteiger partial charge in [-0.3, -0.25) is 4.79 Å². The Balaban J connectivity index is 0.00000112. The third kappa shape index (κ3) is 2.23. The zero-order valence-corrected chi connectivity index (χ0v) is 9.34. The molecular formula is C11H14ClNO2. The molecule has 1 aromatic carbocycles. The summed E-state index contributed by atoms with van der Waals surface area (Å²) >= 11 is 0. The molecule has 1 aromatic rings. The van der Waals surface area contributed by atoms with Crippen LogP contribution in [0.4, 0.5) is 5.69 Å². The first-order chi connectivity index (χ1) is 6.70. The lowest BCUT2D eigenvalue weighted by Gasteiger charge is -2.04. The van der Waals surface area contributed by atoms with Gasteiger partial charge < -0.3 is 10.5 Å². The molecule has 2 N–H and O–H groups in total. The number of esters is 1. The van der Waals surface area contributed by atoms with Gasteiger partial charge in [0.1, 0.15) is 0 Å². The molecule has 4 heteroatoms. The number of rotatable bonds is 1. The third-order valence-electron chi connectivity index (χ3n) is 2.70. The molecule has 0 saturated heterocycles. The summed E-state index contributed by atoms with van der Waals surface area (Å²) in [5.74, 6) is -0.142. The van der Waals surface area contributed by atoms with E-state index in [0.29, 0.717) is 0 Å². The van der Waals surface area contributed by atoms with E-state index < -0.39 is 0 Å². The van der Waals surface area contributed by atoms with Crippen molar-refractivity contribution in [3.8, 4) is 0 Å². The second kappa shape index (κ2) is 4.53. The van der Waals surface area contributed by atoms with Crippen molar-refractivity contribution in [1.29, 1.82) is 0 Å². The van der Waals surface area contributed by atoms with Crippen LogP contribution < -0.4 is 5.73 Å². The zero-order chi connectivity index (χ0) is 10.1. The van der Waals surface area contributed by atoms with Gasteiger partial charge in [0.15, 0.2) is 0 Å². The van der Waals surface area contributed by atoms with Crippen LogP contribution in [0.15, 0.2) is 18.2 Å². The lowest BCUT2D eigenvalue weighted by atomic mass is 10.1. The summed E-state index contributed by atoms with van der Waals surface area (Å²) in [6, 6.07) is 5.81. The van der Waals surface area contributed by atoms with Crippen molar-refractivity contribution in [1.82, 2.24) is 0 Å². The first-order valence-electron chi connectivity index (χ1n) is 4.66. The fraction of sp³-hybridized carbons (Fsp3) is 0.364. The van der Waals surface area contributed by atoms with E-state index in [4.69, 9.17) is 10.5 Å². The Labute approximate surface area is 95.0 Å². The summed E-state index contributed by atoms with van der Waals surface area (Å²) in [6.07, 6.45) is 1.54. The highest BCUT2D eigenvalue weighted by Gasteiger charge is 2.27. The molecule has 1 aliphatic carbocycles. The predicted molar refractivity (Wildman–Crippen MR) is 61.0 cm³/mol. The van der Waals surface area contributed by atoms with Crippen LogP contribution in [0.25, 0.3) is 0 Å². The minimum atomic E-state index is -0.125. The Hall–Kier alpha value is -1.22. The smallest absolute Gasteiger partial charge is 0.309 e. The number of hydrogen-bond acceptors (Lipinski definition) is 3. The molecule has 3 nitrogen and oxygen atoms in total. The van der Waals surface area contributed by atoms with Crippen molar-refractivity contribution < 1.29 is 9.53 Å². The van der Waals surface area contributed by atoms with E-state index in [0.717, 1.165) is 18.5 Å². The Kier molecular flexibility index (Phi) is 3.58. The number of nitrogen functional groups attached to an aromatic ring is 1. The van der Waals surface area contributed by atoms with Gasteiger partial charge in [0.2, 0.25) is 0 Å². The van der Waals surface area contributed by atoms with Gasteiger partial charge in [0.25, 0.3) is 0 Å². The number of hydrogen-bond donors (Lipinski definition) is 1. The number of ether oxygens (including phenoxy) is 1. The molecule has 0 fully saturated rings. The average Bonchev–Trinajstić information content (AvgIpc) is 2.59. The predicted octanol–water partition coefficient (Wildman–Crippen LogP) is 1.58. The number of fused-ring (bicyclic) bond motifs is 1. The van der Waals surface area contributed by atoms with E-state index >= 15 is 0 Å². The summed E-state index contributed by atoms with van der Waals surface area (Å²) in [4.78, 5) is 11.3. The molecule has 0 heterocycles. The minimum absolute atomic E-state index is 0. The summed E-state index contributed by atoms with van der Waals surface area (Å²) in [6.45, 7) is 0. The van der Waals surface area contributed by atoms with E-state index in [9.17, 15) is 4.79 Å². The van der Waals surface area contributed by atoms with Gasteiger partial charge in [-0.25, -0.2) is 0 Å². The molecule has 82 valence electrons. The van der Waals surface area contributed by atoms with Gasteiger partial charge in [0.05, 0.1) is 13.0 Å². The number of anilines is 1. The van der Waals surface area contributed by atoms with Crippen molar-refractivity contribution in [2.75, 3.05) is 12.8 Å². The number of carbonyl (C=O) groups is 1. The molecule has 0 spiro atoms. The standard InChI is InChI=1S/C11H13NO2.ClH/c1-14-11(13)9-4-7-2-3-10(12)6-8(7)5-9;/h2-3,6,9H,4-5,12H2,1H3;1H. The molecule has 15 heavy (non-hydrogen) atoms. The average molecular weight is 228 g/mol. The van der Waals surface area contributed by atoms with E-state index in [1.165, 1.54) is 18.2 Å². The van der Waals surface area contributed by atoms with Crippen LogP contribution in [-0.4, -0.2) is 13.1 Å². The van der Waals surface area contributed by atoms with Crippen LogP contribution in [-0.2, 0) is 22.4 Å². The molecule has 0 radical (unpaired) electrons. The van der Waals surface area contributed by atoms with Crippen molar-refractivity contribution in [2.24, 2.45) is 5.92 Å². The minimum Gasteiger partial charge on any atom is -0.469 e. The topological polar surface area (TPSA) is 52.3 Å². The second-order valence-corrected chi connectivity index (χ2v) is 3.66. The monoisotopic (exact) mass is 227 g/mol. The lowest BCUT2D eigenvalue weighted by Crippen LogP contribution is -2.15. The molecule has 0 aromatic heterocycles. The maximum atomic E-state index is 11.3. The van der Waals surface area contributed by atoms with Gasteiger partial charge in [-0.05, 0) is 36.1 Å². The number of methoxy groups -OCH3 is 1. The summed E-state index contributed by atoms with van der Waals surface area (Å²) in [5.41, 5.74) is 8.83. The van der Waals surface area contributed by atoms with Crippen LogP contribution in [0.1, 0.15) is 11.1 Å². The molecule has 0 amide bonds. The van der Waals surface area contributed by atoms with Crippen LogP contribution >= 0.6 is 12.4 Å². The van der Waals surface area contributed by atoms with E-state index in [2.05, 4.69) is 0 Å². The van der Waals surface area contributed by atoms with E-state index in [-0.39, 0.29) is 24.3 Å². The molecule has 1 unspecified atom stereocenters. The SMILES string of the molecule is COC(=O)C1Cc2ccc(N)cc2C1.Cl. The molecule has 1 atom stereocenters. The fourth-order valence-corrected chi connectivity index (χ4v) is 1.97. The third-order valence-corrected chi connectivity index (χ3v) is 2.70. The normalized spacial score (nSPS) is 17.8. The summed E-state index contributed by atoms with van der Waals surface area (Å²) in [7, 11) is 1.43. The number of halogens is 1. The zero-order valence-electron chi connectivity index (χ0n) is 8.53. The quantitative estimate of drug-likeness (QED) is 0.586. The first-order valence-corrected chi connectivity index (χ1v) is 4.66. The van der Waals surface area contributed by atoms with Crippen LogP contribution in [0.3, 0.4) is 0 Å². The Bertz CT molecular complexity index is 379. The Morgan fingerprint density at radius 3 is 2.73 bits per heavy atom. The maximum Gasteiger partial charge on any atom is 0.309 e. The second-order valence-electron chi connectivity index (χ2n) is 3.66. The highest BCUT2D eigenvalue weighted by Crippen LogP contribution is 2.28. The fourth-order valence-electron chi connectivity index (χ4n) is 1.97. The maximum absolute atomic E-state index is 11.3. The summed E-state index contributed by atoms with van der Waals surface area (Å²) < 4.78 is 4.73. The Morgan fingerprint density at radius 2 is 2.07 bits per heavy atom. The molecule has 0 aliphatic heterocycles. The molecule has 0 saturated carbocycles. The van der Waals surface area contributed by atoms with Crippen LogP contribution in [0.2, 0.25) is 0 Å². The van der Waals surface area contributed by atoms with Crippen LogP contribution in [0, 0.1) is 5.92 Å². The van der Waals surface area contributed by atoms with E-state index in [1.54, 1.807) is 0 Å². The molecule has 2 rings (SSSR count). The van der Waals surface area contributed by atoms with Crippen molar-refractivity contribution >= 4 is 24.1 Å². The van der Waals surface area contributed by atoms with Crippen molar-refractivity contribution in [2.45, 2.75) is 12.8 Å². The van der Waals surface area contributed by atoms with Gasteiger partial charge in [-0.15, -0.1) is 12.4 Å². The van der Waals surface area contributed by atoms with Gasteiger partial charge in [-0.2, -0.15) is 0 Å². The number of carbonyl (C=O) groups excluding carboxylic acids is 1. The van der Waals surface area contributed by atoms with Crippen molar-refractivity contribution in [3.05, 3.63) is 29.3 Å². The van der Waals surface area contributed by atoms with Crippen molar-refractivity contribution in [3.63, 3.8) is 0 Å². The van der Waals surface area contributed by atoms with Crippen LogP contribution in [0.5, 0.6) is 0 Å². The largest absolute Gasteiger partial charge is 0.469 e. The first kappa shape index (κ1) is 11.9. The Morgan fingerprint density at radius 1 is 1.40 bits per heavy atom. The van der Waals surface area contributed by atoms with Gasteiger partial charge >= 0.3 is 5.97 Å².